The van der Waals surface area contributed by atoms with Crippen LogP contribution in [0.3, 0.4) is 0 Å². The summed E-state index contributed by atoms with van der Waals surface area (Å²) in [5.74, 6) is 0. The number of halogens is 1. The van der Waals surface area contributed by atoms with Gasteiger partial charge in [0.25, 0.3) is 5.56 Å². The molecule has 0 saturated carbocycles. The maximum absolute atomic E-state index is 13.8. The van der Waals surface area contributed by atoms with E-state index in [1.54, 1.807) is 15.9 Å². The molecule has 0 aliphatic heterocycles. The van der Waals surface area contributed by atoms with E-state index in [4.69, 9.17) is 11.6 Å². The molecular formula is C26H25ClN2O2S. The van der Waals surface area contributed by atoms with Gasteiger partial charge in [0.1, 0.15) is 4.83 Å². The highest BCUT2D eigenvalue weighted by Gasteiger charge is 2.23. The van der Waals surface area contributed by atoms with E-state index < -0.39 is 0 Å². The number of aromatic nitrogens is 2. The zero-order valence-electron chi connectivity index (χ0n) is 18.3. The molecule has 2 aromatic heterocycles. The summed E-state index contributed by atoms with van der Waals surface area (Å²) in [7, 11) is 0. The Kier molecular flexibility index (Phi) is 5.56. The number of hydrogen-bond acceptors (Lipinski definition) is 3. The maximum atomic E-state index is 13.8. The van der Waals surface area contributed by atoms with Gasteiger partial charge in [0.2, 0.25) is 0 Å². The van der Waals surface area contributed by atoms with Gasteiger partial charge < -0.3 is 0 Å². The zero-order chi connectivity index (χ0) is 22.4. The van der Waals surface area contributed by atoms with Crippen LogP contribution >= 0.6 is 22.9 Å². The van der Waals surface area contributed by atoms with E-state index in [2.05, 4.69) is 0 Å². The van der Waals surface area contributed by atoms with E-state index in [0.717, 1.165) is 58.2 Å². The van der Waals surface area contributed by atoms with Crippen LogP contribution in [-0.4, -0.2) is 9.13 Å². The van der Waals surface area contributed by atoms with Crippen LogP contribution < -0.4 is 11.2 Å². The first-order chi connectivity index (χ1) is 15.4. The fourth-order valence-electron chi connectivity index (χ4n) is 4.55. The summed E-state index contributed by atoms with van der Waals surface area (Å²) < 4.78 is 3.14. The summed E-state index contributed by atoms with van der Waals surface area (Å²) in [6.45, 7) is 4.44. The summed E-state index contributed by atoms with van der Waals surface area (Å²) in [6.07, 6.45) is 5.27. The molecule has 0 N–H and O–H groups in total. The van der Waals surface area contributed by atoms with Crippen molar-refractivity contribution in [2.75, 3.05) is 0 Å². The van der Waals surface area contributed by atoms with Crippen LogP contribution in [0.15, 0.2) is 52.1 Å². The number of rotatable bonds is 3. The Morgan fingerprint density at radius 2 is 1.69 bits per heavy atom. The lowest BCUT2D eigenvalue weighted by molar-refractivity contribution is 0.708. The van der Waals surface area contributed by atoms with Crippen molar-refractivity contribution in [3.8, 4) is 5.69 Å². The minimum Gasteiger partial charge on any atom is -0.280 e. The second kappa shape index (κ2) is 8.38. The van der Waals surface area contributed by atoms with Gasteiger partial charge in [-0.25, -0.2) is 9.36 Å². The molecule has 4 aromatic rings. The SMILES string of the molecule is Cc1ccc(-n2c(=O)c3c4c(sc3n(Cc3ccc(Cl)cc3)c2=O)CCCCC4)cc1C. The maximum Gasteiger partial charge on any atom is 0.337 e. The number of benzene rings is 2. The van der Waals surface area contributed by atoms with Gasteiger partial charge in [-0.1, -0.05) is 36.2 Å². The van der Waals surface area contributed by atoms with E-state index in [0.29, 0.717) is 17.3 Å². The number of fused-ring (bicyclic) bond motifs is 3. The number of aryl methyl sites for hydroxylation is 4. The third-order valence-corrected chi connectivity index (χ3v) is 8.06. The summed E-state index contributed by atoms with van der Waals surface area (Å²) in [5.41, 5.74) is 4.46. The quantitative estimate of drug-likeness (QED) is 0.359. The molecule has 1 aliphatic rings. The molecule has 0 unspecified atom stereocenters. The lowest BCUT2D eigenvalue weighted by atomic mass is 10.1. The van der Waals surface area contributed by atoms with Crippen LogP contribution in [0.2, 0.25) is 5.02 Å². The third-order valence-electron chi connectivity index (χ3n) is 6.49. The Hall–Kier alpha value is -2.63. The minimum absolute atomic E-state index is 0.194. The lowest BCUT2D eigenvalue weighted by Crippen LogP contribution is -2.39. The molecule has 4 nitrogen and oxygen atoms in total. The fraction of sp³-hybridized carbons (Fsp3) is 0.308. The van der Waals surface area contributed by atoms with Crippen molar-refractivity contribution in [1.82, 2.24) is 9.13 Å². The Balaban J connectivity index is 1.82. The molecular weight excluding hydrogens is 440 g/mol. The van der Waals surface area contributed by atoms with E-state index in [-0.39, 0.29) is 11.2 Å². The number of thiophene rings is 1. The summed E-state index contributed by atoms with van der Waals surface area (Å²) >= 11 is 7.69. The van der Waals surface area contributed by atoms with Gasteiger partial charge in [0.15, 0.2) is 0 Å². The summed E-state index contributed by atoms with van der Waals surface area (Å²) in [6, 6.07) is 13.3. The van der Waals surface area contributed by atoms with Crippen LogP contribution in [0.4, 0.5) is 0 Å². The van der Waals surface area contributed by atoms with Crippen molar-refractivity contribution >= 4 is 33.2 Å². The van der Waals surface area contributed by atoms with Gasteiger partial charge in [-0.3, -0.25) is 9.36 Å². The average molecular weight is 465 g/mol. The highest BCUT2D eigenvalue weighted by molar-refractivity contribution is 7.18. The summed E-state index contributed by atoms with van der Waals surface area (Å²) in [4.78, 5) is 29.6. The first-order valence-corrected chi connectivity index (χ1v) is 12.3. The van der Waals surface area contributed by atoms with Crippen LogP contribution in [0.1, 0.15) is 46.4 Å². The highest BCUT2D eigenvalue weighted by Crippen LogP contribution is 2.34. The van der Waals surface area contributed by atoms with Gasteiger partial charge in [-0.15, -0.1) is 11.3 Å². The van der Waals surface area contributed by atoms with Crippen molar-refractivity contribution in [2.24, 2.45) is 0 Å². The van der Waals surface area contributed by atoms with E-state index >= 15 is 0 Å². The Morgan fingerprint density at radius 3 is 2.44 bits per heavy atom. The van der Waals surface area contributed by atoms with Gasteiger partial charge in [-0.05, 0) is 86.1 Å². The highest BCUT2D eigenvalue weighted by atomic mass is 35.5. The monoisotopic (exact) mass is 464 g/mol. The molecule has 0 radical (unpaired) electrons. The number of nitrogens with zero attached hydrogens (tertiary/aromatic N) is 2. The molecule has 2 aromatic carbocycles. The van der Waals surface area contributed by atoms with Crippen molar-refractivity contribution in [1.29, 1.82) is 0 Å². The average Bonchev–Trinajstić information content (AvgIpc) is 2.98. The molecule has 0 spiro atoms. The van der Waals surface area contributed by atoms with Crippen LogP contribution in [0.25, 0.3) is 15.9 Å². The van der Waals surface area contributed by atoms with Crippen LogP contribution in [0.5, 0.6) is 0 Å². The molecule has 5 rings (SSSR count). The Morgan fingerprint density at radius 1 is 0.938 bits per heavy atom. The normalized spacial score (nSPS) is 13.8. The number of hydrogen-bond donors (Lipinski definition) is 0. The second-order valence-electron chi connectivity index (χ2n) is 8.65. The predicted octanol–water partition coefficient (Wildman–Crippen LogP) is 5.80. The molecule has 0 atom stereocenters. The zero-order valence-corrected chi connectivity index (χ0v) is 19.9. The van der Waals surface area contributed by atoms with Crippen molar-refractivity contribution < 1.29 is 0 Å². The molecule has 1 aliphatic carbocycles. The molecule has 0 bridgehead atoms. The lowest BCUT2D eigenvalue weighted by Gasteiger charge is -2.14. The molecule has 2 heterocycles. The van der Waals surface area contributed by atoms with Gasteiger partial charge in [0.05, 0.1) is 17.6 Å². The van der Waals surface area contributed by atoms with E-state index in [9.17, 15) is 9.59 Å². The third kappa shape index (κ3) is 3.63. The molecule has 0 amide bonds. The van der Waals surface area contributed by atoms with Crippen LogP contribution in [-0.2, 0) is 19.4 Å². The molecule has 0 fully saturated rings. The minimum atomic E-state index is -0.294. The Bertz CT molecular complexity index is 1440. The van der Waals surface area contributed by atoms with E-state index in [1.807, 2.05) is 56.3 Å². The predicted molar refractivity (Wildman–Crippen MR) is 133 cm³/mol. The molecule has 164 valence electrons. The first-order valence-electron chi connectivity index (χ1n) is 11.1. The molecule has 6 heteroatoms. The molecule has 32 heavy (non-hydrogen) atoms. The smallest absolute Gasteiger partial charge is 0.280 e. The van der Waals surface area contributed by atoms with Gasteiger partial charge >= 0.3 is 5.69 Å². The van der Waals surface area contributed by atoms with Gasteiger partial charge in [0, 0.05) is 9.90 Å². The van der Waals surface area contributed by atoms with Crippen LogP contribution in [0, 0.1) is 13.8 Å². The van der Waals surface area contributed by atoms with E-state index in [1.165, 1.54) is 15.9 Å². The first kappa shape index (κ1) is 21.2. The van der Waals surface area contributed by atoms with Crippen molar-refractivity contribution in [3.05, 3.63) is 95.5 Å². The Labute approximate surface area is 195 Å². The van der Waals surface area contributed by atoms with Gasteiger partial charge in [-0.2, -0.15) is 0 Å². The summed E-state index contributed by atoms with van der Waals surface area (Å²) in [5, 5.41) is 1.38. The van der Waals surface area contributed by atoms with Crippen molar-refractivity contribution in [2.45, 2.75) is 52.5 Å². The second-order valence-corrected chi connectivity index (χ2v) is 10.2. The largest absolute Gasteiger partial charge is 0.337 e. The standard InChI is InChI=1S/C26H25ClN2O2S/c1-16-8-13-20(14-17(16)2)29-24(30)23-21-6-4-3-5-7-22(21)32-25(23)28(26(29)31)15-18-9-11-19(27)12-10-18/h8-14H,3-7,15H2,1-2H3. The topological polar surface area (TPSA) is 44.0 Å². The fourth-order valence-corrected chi connectivity index (χ4v) is 6.05. The molecule has 0 saturated heterocycles. The van der Waals surface area contributed by atoms with Crippen molar-refractivity contribution in [3.63, 3.8) is 0 Å².